The molecule has 6 nitrogen and oxygen atoms in total. The number of carboxylic acids is 1. The Morgan fingerprint density at radius 3 is 2.93 bits per heavy atom. The molecule has 0 aliphatic carbocycles. The second-order valence-electron chi connectivity index (χ2n) is 3.68. The SMILES string of the molecule is Cn1cnnc1SC1(CC(=O)O)CNC1. The van der Waals surface area contributed by atoms with Gasteiger partial charge in [0.25, 0.3) is 0 Å². The van der Waals surface area contributed by atoms with Crippen LogP contribution in [0, 0.1) is 0 Å². The lowest BCUT2D eigenvalue weighted by Gasteiger charge is -2.40. The zero-order valence-electron chi connectivity index (χ0n) is 8.30. The second kappa shape index (κ2) is 3.82. The number of nitrogens with one attached hydrogen (secondary N) is 1. The van der Waals surface area contributed by atoms with Gasteiger partial charge in [0.1, 0.15) is 6.33 Å². The molecule has 0 spiro atoms. The van der Waals surface area contributed by atoms with Gasteiger partial charge in [-0.15, -0.1) is 10.2 Å². The first kappa shape index (κ1) is 10.4. The minimum absolute atomic E-state index is 0.150. The summed E-state index contributed by atoms with van der Waals surface area (Å²) in [6.07, 6.45) is 1.76. The summed E-state index contributed by atoms with van der Waals surface area (Å²) in [6, 6.07) is 0. The van der Waals surface area contributed by atoms with Crippen molar-refractivity contribution in [2.75, 3.05) is 13.1 Å². The number of hydrogen-bond donors (Lipinski definition) is 2. The molecular weight excluding hydrogens is 216 g/mol. The number of aromatic nitrogens is 3. The standard InChI is InChI=1S/C8H12N4O2S/c1-12-5-10-11-7(12)15-8(2-6(13)14)3-9-4-8/h5,9H,2-4H2,1H3,(H,13,14). The quantitative estimate of drug-likeness (QED) is 0.738. The maximum atomic E-state index is 10.7. The van der Waals surface area contributed by atoms with Crippen LogP contribution in [0.3, 0.4) is 0 Å². The second-order valence-corrected chi connectivity index (χ2v) is 5.12. The molecule has 1 fully saturated rings. The Labute approximate surface area is 91.1 Å². The van der Waals surface area contributed by atoms with Gasteiger partial charge in [-0.1, -0.05) is 11.8 Å². The molecule has 1 aromatic heterocycles. The molecule has 0 saturated carbocycles. The van der Waals surface area contributed by atoms with E-state index in [0.717, 1.165) is 5.16 Å². The topological polar surface area (TPSA) is 80.0 Å². The third kappa shape index (κ3) is 2.13. The van der Waals surface area contributed by atoms with E-state index in [1.807, 2.05) is 7.05 Å². The highest BCUT2D eigenvalue weighted by atomic mass is 32.2. The van der Waals surface area contributed by atoms with Gasteiger partial charge in [0, 0.05) is 20.1 Å². The summed E-state index contributed by atoms with van der Waals surface area (Å²) in [7, 11) is 1.85. The maximum absolute atomic E-state index is 10.7. The van der Waals surface area contributed by atoms with Crippen molar-refractivity contribution in [3.8, 4) is 0 Å². The average molecular weight is 228 g/mol. The van der Waals surface area contributed by atoms with Crippen LogP contribution in [0.5, 0.6) is 0 Å². The Bertz CT molecular complexity index is 374. The van der Waals surface area contributed by atoms with Crippen LogP contribution in [0.2, 0.25) is 0 Å². The van der Waals surface area contributed by atoms with Gasteiger partial charge in [0.15, 0.2) is 5.16 Å². The molecule has 1 aliphatic heterocycles. The molecule has 0 aromatic carbocycles. The van der Waals surface area contributed by atoms with E-state index < -0.39 is 5.97 Å². The highest BCUT2D eigenvalue weighted by Gasteiger charge is 2.41. The van der Waals surface area contributed by atoms with Crippen LogP contribution < -0.4 is 5.32 Å². The number of carboxylic acid groups (broad SMARTS) is 1. The molecule has 0 atom stereocenters. The zero-order chi connectivity index (χ0) is 10.9. The van der Waals surface area contributed by atoms with E-state index in [0.29, 0.717) is 13.1 Å². The van der Waals surface area contributed by atoms with Gasteiger partial charge in [-0.25, -0.2) is 0 Å². The third-order valence-corrected chi connectivity index (χ3v) is 3.76. The van der Waals surface area contributed by atoms with E-state index >= 15 is 0 Å². The van der Waals surface area contributed by atoms with E-state index in [9.17, 15) is 4.79 Å². The van der Waals surface area contributed by atoms with Gasteiger partial charge in [-0.05, 0) is 0 Å². The Balaban J connectivity index is 2.08. The molecule has 1 aromatic rings. The van der Waals surface area contributed by atoms with Crippen molar-refractivity contribution in [3.63, 3.8) is 0 Å². The van der Waals surface area contributed by atoms with Gasteiger partial charge in [-0.3, -0.25) is 4.79 Å². The summed E-state index contributed by atoms with van der Waals surface area (Å²) >= 11 is 1.49. The number of hydrogen-bond acceptors (Lipinski definition) is 5. The molecular formula is C8H12N4O2S. The molecule has 2 rings (SSSR count). The minimum atomic E-state index is -0.772. The fourth-order valence-corrected chi connectivity index (χ4v) is 2.68. The van der Waals surface area contributed by atoms with Crippen LogP contribution in [-0.2, 0) is 11.8 Å². The van der Waals surface area contributed by atoms with Crippen molar-refractivity contribution in [2.45, 2.75) is 16.3 Å². The van der Waals surface area contributed by atoms with Crippen molar-refractivity contribution in [1.29, 1.82) is 0 Å². The summed E-state index contributed by atoms with van der Waals surface area (Å²) in [6.45, 7) is 1.41. The lowest BCUT2D eigenvalue weighted by Crippen LogP contribution is -2.58. The van der Waals surface area contributed by atoms with Gasteiger partial charge >= 0.3 is 5.97 Å². The predicted octanol–water partition coefficient (Wildman–Crippen LogP) is -0.276. The number of aliphatic carboxylic acids is 1. The molecule has 1 saturated heterocycles. The molecule has 2 N–H and O–H groups in total. The van der Waals surface area contributed by atoms with Crippen LogP contribution in [0.15, 0.2) is 11.5 Å². The molecule has 7 heteroatoms. The number of rotatable bonds is 4. The first-order valence-corrected chi connectivity index (χ1v) is 5.38. The Kier molecular flexibility index (Phi) is 2.66. The first-order chi connectivity index (χ1) is 7.11. The molecule has 0 bridgehead atoms. The van der Waals surface area contributed by atoms with E-state index in [1.165, 1.54) is 11.8 Å². The highest BCUT2D eigenvalue weighted by molar-refractivity contribution is 8.00. The lowest BCUT2D eigenvalue weighted by atomic mass is 9.98. The van der Waals surface area contributed by atoms with Crippen LogP contribution in [0.1, 0.15) is 6.42 Å². The largest absolute Gasteiger partial charge is 0.481 e. The van der Waals surface area contributed by atoms with E-state index in [4.69, 9.17) is 5.11 Å². The van der Waals surface area contributed by atoms with Crippen molar-refractivity contribution in [3.05, 3.63) is 6.33 Å². The zero-order valence-corrected chi connectivity index (χ0v) is 9.12. The maximum Gasteiger partial charge on any atom is 0.304 e. The minimum Gasteiger partial charge on any atom is -0.481 e. The molecule has 0 amide bonds. The number of aryl methyl sites for hydroxylation is 1. The Morgan fingerprint density at radius 1 is 1.80 bits per heavy atom. The summed E-state index contributed by atoms with van der Waals surface area (Å²) in [5.41, 5.74) is 0. The predicted molar refractivity (Wildman–Crippen MR) is 54.7 cm³/mol. The van der Waals surface area contributed by atoms with Crippen LogP contribution in [0.25, 0.3) is 0 Å². The number of carbonyl (C=O) groups is 1. The fraction of sp³-hybridized carbons (Fsp3) is 0.625. The van der Waals surface area contributed by atoms with Crippen LogP contribution >= 0.6 is 11.8 Å². The summed E-state index contributed by atoms with van der Waals surface area (Å²) in [5.74, 6) is -0.772. The molecule has 2 heterocycles. The Morgan fingerprint density at radius 2 is 2.53 bits per heavy atom. The summed E-state index contributed by atoms with van der Waals surface area (Å²) in [4.78, 5) is 10.7. The normalized spacial score (nSPS) is 18.5. The molecule has 82 valence electrons. The summed E-state index contributed by atoms with van der Waals surface area (Å²) in [5, 5.41) is 20.4. The van der Waals surface area contributed by atoms with Crippen molar-refractivity contribution >= 4 is 17.7 Å². The third-order valence-electron chi connectivity index (χ3n) is 2.35. The average Bonchev–Trinajstić information content (AvgIpc) is 2.47. The molecule has 1 aliphatic rings. The van der Waals surface area contributed by atoms with Gasteiger partial charge in [0.05, 0.1) is 11.2 Å². The lowest BCUT2D eigenvalue weighted by molar-refractivity contribution is -0.138. The molecule has 15 heavy (non-hydrogen) atoms. The van der Waals surface area contributed by atoms with E-state index in [2.05, 4.69) is 15.5 Å². The van der Waals surface area contributed by atoms with Gasteiger partial charge in [0.2, 0.25) is 0 Å². The van der Waals surface area contributed by atoms with E-state index in [1.54, 1.807) is 10.9 Å². The fourth-order valence-electron chi connectivity index (χ4n) is 1.47. The smallest absolute Gasteiger partial charge is 0.304 e. The van der Waals surface area contributed by atoms with E-state index in [-0.39, 0.29) is 11.2 Å². The first-order valence-electron chi connectivity index (χ1n) is 4.57. The molecule has 0 unspecified atom stereocenters. The van der Waals surface area contributed by atoms with Gasteiger partial charge < -0.3 is 15.0 Å². The number of thioether (sulfide) groups is 1. The van der Waals surface area contributed by atoms with Crippen molar-refractivity contribution in [1.82, 2.24) is 20.1 Å². The number of nitrogens with zero attached hydrogens (tertiary/aromatic N) is 3. The van der Waals surface area contributed by atoms with Crippen LogP contribution in [0.4, 0.5) is 0 Å². The Hall–Kier alpha value is -1.08. The highest BCUT2D eigenvalue weighted by Crippen LogP contribution is 2.37. The van der Waals surface area contributed by atoms with Gasteiger partial charge in [-0.2, -0.15) is 0 Å². The molecule has 0 radical (unpaired) electrons. The van der Waals surface area contributed by atoms with Crippen molar-refractivity contribution in [2.24, 2.45) is 7.05 Å². The van der Waals surface area contributed by atoms with Crippen LogP contribution in [-0.4, -0.2) is 43.7 Å². The summed E-state index contributed by atoms with van der Waals surface area (Å²) < 4.78 is 1.54. The van der Waals surface area contributed by atoms with Crippen molar-refractivity contribution < 1.29 is 9.90 Å². The monoisotopic (exact) mass is 228 g/mol.